The molecule has 11 heteroatoms. The summed E-state index contributed by atoms with van der Waals surface area (Å²) in [5.41, 5.74) is 1.44. The summed E-state index contributed by atoms with van der Waals surface area (Å²) in [7, 11) is 5.52. The lowest BCUT2D eigenvalue weighted by atomic mass is 10.00. The van der Waals surface area contributed by atoms with Gasteiger partial charge >= 0.3 is 6.03 Å². The van der Waals surface area contributed by atoms with E-state index in [2.05, 4.69) is 22.1 Å². The molecule has 3 heterocycles. The fraction of sp³-hybridized carbons (Fsp3) is 0.464. The number of carbonyl (C=O) groups excluding carboxylic acids is 2. The molecule has 11 nitrogen and oxygen atoms in total. The van der Waals surface area contributed by atoms with Gasteiger partial charge in [0.15, 0.2) is 11.5 Å². The number of amides is 3. The third-order valence-electron chi connectivity index (χ3n) is 6.57. The average Bonchev–Trinajstić information content (AvgIpc) is 3.38. The highest BCUT2D eigenvalue weighted by Crippen LogP contribution is 2.34. The zero-order valence-corrected chi connectivity index (χ0v) is 22.9. The number of aliphatic hydroxyl groups excluding tert-OH is 1. The third kappa shape index (κ3) is 6.71. The number of aromatic nitrogens is 1. The van der Waals surface area contributed by atoms with Gasteiger partial charge in [0, 0.05) is 43.0 Å². The van der Waals surface area contributed by atoms with Crippen molar-refractivity contribution >= 4 is 17.6 Å². The number of nitrogens with one attached hydrogen (secondary N) is 1. The van der Waals surface area contributed by atoms with Crippen molar-refractivity contribution in [3.63, 3.8) is 0 Å². The van der Waals surface area contributed by atoms with Crippen molar-refractivity contribution in [2.75, 3.05) is 59.5 Å². The van der Waals surface area contributed by atoms with Crippen molar-refractivity contribution in [2.45, 2.75) is 26.0 Å². The molecule has 3 atom stereocenters. The van der Waals surface area contributed by atoms with Gasteiger partial charge in [0.1, 0.15) is 11.7 Å². The van der Waals surface area contributed by atoms with E-state index < -0.39 is 12.1 Å². The van der Waals surface area contributed by atoms with Crippen LogP contribution >= 0.6 is 0 Å². The van der Waals surface area contributed by atoms with Crippen LogP contribution in [-0.2, 0) is 0 Å². The summed E-state index contributed by atoms with van der Waals surface area (Å²) in [6.07, 6.45) is 1.10. The molecule has 1 aromatic heterocycles. The lowest BCUT2D eigenvalue weighted by Crippen LogP contribution is -2.50. The summed E-state index contributed by atoms with van der Waals surface area (Å²) in [6, 6.07) is 6.13. The second-order valence-electron chi connectivity index (χ2n) is 10.1. The molecule has 0 spiro atoms. The molecule has 208 valence electrons. The third-order valence-corrected chi connectivity index (χ3v) is 6.57. The van der Waals surface area contributed by atoms with E-state index in [0.29, 0.717) is 35.8 Å². The van der Waals surface area contributed by atoms with E-state index in [1.54, 1.807) is 49.3 Å². The zero-order valence-electron chi connectivity index (χ0n) is 22.9. The smallest absolute Gasteiger partial charge is 0.321 e. The van der Waals surface area contributed by atoms with Gasteiger partial charge in [-0.1, -0.05) is 18.8 Å². The Bertz CT molecular complexity index is 1270. The summed E-state index contributed by atoms with van der Waals surface area (Å²) in [6.45, 7) is 4.84. The standard InChI is InChI=1S/C28H35N5O6/c1-18-14-33(19(2)16-34)27(35)22-11-20(7-6-10-31(3)4)13-29-26(22)39-25(18)15-32(5)28(36)30-21-8-9-23-24(12-21)38-17-37-23/h8-9,11-13,18-19,25,34H,10,14-17H2,1-5H3,(H,30,36)/t18-,19+,25-/m0/s1. The maximum absolute atomic E-state index is 13.5. The summed E-state index contributed by atoms with van der Waals surface area (Å²) in [5, 5.41) is 12.7. The Labute approximate surface area is 228 Å². The number of carbonyl (C=O) groups is 2. The van der Waals surface area contributed by atoms with Gasteiger partial charge in [-0.2, -0.15) is 0 Å². The highest BCUT2D eigenvalue weighted by molar-refractivity contribution is 5.97. The van der Waals surface area contributed by atoms with Gasteiger partial charge in [-0.25, -0.2) is 9.78 Å². The van der Waals surface area contributed by atoms with E-state index in [-0.39, 0.29) is 49.2 Å². The Morgan fingerprint density at radius 2 is 2.03 bits per heavy atom. The summed E-state index contributed by atoms with van der Waals surface area (Å²) in [5.74, 6) is 7.02. The molecule has 1 aromatic carbocycles. The first-order valence-corrected chi connectivity index (χ1v) is 12.8. The Hall–Kier alpha value is -4.01. The summed E-state index contributed by atoms with van der Waals surface area (Å²) >= 11 is 0. The molecule has 4 rings (SSSR count). The van der Waals surface area contributed by atoms with Crippen molar-refractivity contribution in [3.05, 3.63) is 41.6 Å². The minimum atomic E-state index is -0.476. The lowest BCUT2D eigenvalue weighted by Gasteiger charge is -2.37. The van der Waals surface area contributed by atoms with Crippen LogP contribution < -0.4 is 19.5 Å². The molecule has 2 N–H and O–H groups in total. The van der Waals surface area contributed by atoms with E-state index >= 15 is 0 Å². The van der Waals surface area contributed by atoms with Crippen LogP contribution in [-0.4, -0.2) is 103 Å². The van der Waals surface area contributed by atoms with Gasteiger partial charge in [-0.15, -0.1) is 0 Å². The number of nitrogens with zero attached hydrogens (tertiary/aromatic N) is 4. The first-order chi connectivity index (χ1) is 18.7. The van der Waals surface area contributed by atoms with Crippen molar-refractivity contribution in [3.8, 4) is 29.2 Å². The topological polar surface area (TPSA) is 117 Å². The number of urea groups is 1. The Morgan fingerprint density at radius 1 is 1.26 bits per heavy atom. The van der Waals surface area contributed by atoms with Crippen molar-refractivity contribution < 1.29 is 28.9 Å². The molecule has 0 bridgehead atoms. The molecule has 2 aliphatic rings. The van der Waals surface area contributed by atoms with Crippen molar-refractivity contribution in [1.29, 1.82) is 0 Å². The van der Waals surface area contributed by atoms with Crippen LogP contribution in [0.5, 0.6) is 17.4 Å². The molecule has 3 amide bonds. The van der Waals surface area contributed by atoms with Crippen LogP contribution in [0.3, 0.4) is 0 Å². The second-order valence-corrected chi connectivity index (χ2v) is 10.1. The highest BCUT2D eigenvalue weighted by Gasteiger charge is 2.34. The van der Waals surface area contributed by atoms with E-state index in [1.807, 2.05) is 25.9 Å². The quantitative estimate of drug-likeness (QED) is 0.539. The van der Waals surface area contributed by atoms with Crippen LogP contribution in [0, 0.1) is 17.8 Å². The largest absolute Gasteiger partial charge is 0.472 e. The molecule has 39 heavy (non-hydrogen) atoms. The van der Waals surface area contributed by atoms with Gasteiger partial charge in [0.25, 0.3) is 5.91 Å². The molecule has 0 saturated carbocycles. The van der Waals surface area contributed by atoms with E-state index in [1.165, 1.54) is 4.90 Å². The SMILES string of the molecule is C[C@H](CO)N1C[C@H](C)[C@H](CN(C)C(=O)Nc2ccc3c(c2)OCO3)Oc2ncc(C#CCN(C)C)cc2C1=O. The lowest BCUT2D eigenvalue weighted by molar-refractivity contribution is 0.0356. The van der Waals surface area contributed by atoms with E-state index in [0.717, 1.165) is 0 Å². The molecule has 0 radical (unpaired) electrons. The predicted octanol–water partition coefficient (Wildman–Crippen LogP) is 2.11. The number of benzene rings is 1. The molecule has 2 aliphatic heterocycles. The second kappa shape index (κ2) is 12.2. The van der Waals surface area contributed by atoms with Crippen LogP contribution in [0.25, 0.3) is 0 Å². The minimum absolute atomic E-state index is 0.150. The molecule has 0 aliphatic carbocycles. The minimum Gasteiger partial charge on any atom is -0.472 e. The van der Waals surface area contributed by atoms with E-state index in [4.69, 9.17) is 14.2 Å². The van der Waals surface area contributed by atoms with Crippen LogP contribution in [0.15, 0.2) is 30.5 Å². The summed E-state index contributed by atoms with van der Waals surface area (Å²) < 4.78 is 17.0. The maximum atomic E-state index is 13.5. The van der Waals surface area contributed by atoms with Gasteiger partial charge < -0.3 is 34.4 Å². The van der Waals surface area contributed by atoms with Crippen LogP contribution in [0.1, 0.15) is 29.8 Å². The normalized spacial score (nSPS) is 18.7. The predicted molar refractivity (Wildman–Crippen MR) is 145 cm³/mol. The van der Waals surface area contributed by atoms with Crippen LogP contribution in [0.2, 0.25) is 0 Å². The number of rotatable bonds is 6. The zero-order chi connectivity index (χ0) is 28.1. The number of ether oxygens (including phenoxy) is 3. The molecular weight excluding hydrogens is 502 g/mol. The number of fused-ring (bicyclic) bond motifs is 2. The maximum Gasteiger partial charge on any atom is 0.321 e. The Kier molecular flexibility index (Phi) is 8.79. The number of aliphatic hydroxyl groups is 1. The monoisotopic (exact) mass is 537 g/mol. The summed E-state index contributed by atoms with van der Waals surface area (Å²) in [4.78, 5) is 36.1. The molecule has 0 saturated heterocycles. The number of anilines is 1. The molecular formula is C28H35N5O6. The van der Waals surface area contributed by atoms with Crippen LogP contribution in [0.4, 0.5) is 10.5 Å². The van der Waals surface area contributed by atoms with E-state index in [9.17, 15) is 14.7 Å². The fourth-order valence-corrected chi connectivity index (χ4v) is 4.23. The number of pyridine rings is 1. The van der Waals surface area contributed by atoms with Gasteiger partial charge in [-0.3, -0.25) is 9.69 Å². The highest BCUT2D eigenvalue weighted by atomic mass is 16.7. The fourth-order valence-electron chi connectivity index (χ4n) is 4.23. The first-order valence-electron chi connectivity index (χ1n) is 12.8. The molecule has 0 unspecified atom stereocenters. The number of hydrogen-bond donors (Lipinski definition) is 2. The van der Waals surface area contributed by atoms with Gasteiger partial charge in [-0.05, 0) is 39.2 Å². The molecule has 0 fully saturated rings. The number of likely N-dealkylation sites (N-methyl/N-ethyl adjacent to an activating group) is 1. The Balaban J connectivity index is 1.55. The average molecular weight is 538 g/mol. The van der Waals surface area contributed by atoms with Crippen molar-refractivity contribution in [2.24, 2.45) is 5.92 Å². The van der Waals surface area contributed by atoms with Gasteiger partial charge in [0.05, 0.1) is 25.7 Å². The van der Waals surface area contributed by atoms with Crippen molar-refractivity contribution in [1.82, 2.24) is 19.7 Å². The number of hydrogen-bond acceptors (Lipinski definition) is 8. The van der Waals surface area contributed by atoms with Gasteiger partial charge in [0.2, 0.25) is 12.7 Å². The first kappa shape index (κ1) is 28.0. The molecule has 2 aromatic rings. The Morgan fingerprint density at radius 3 is 2.77 bits per heavy atom.